The second kappa shape index (κ2) is 7.57. The van der Waals surface area contributed by atoms with Gasteiger partial charge in [0, 0.05) is 12.6 Å². The van der Waals surface area contributed by atoms with Gasteiger partial charge in [-0.3, -0.25) is 0 Å². The molecular formula is C13H28N2O3S. The Balaban J connectivity index is 2.52. The number of hydrogen-bond donors (Lipinski definition) is 2. The SMILES string of the molecule is CCC1(CC)CC(NS(=O)(=O)CCCNC)CCO1. The Kier molecular flexibility index (Phi) is 6.73. The predicted molar refractivity (Wildman–Crippen MR) is 77.8 cm³/mol. The summed E-state index contributed by atoms with van der Waals surface area (Å²) >= 11 is 0. The van der Waals surface area contributed by atoms with E-state index in [9.17, 15) is 8.42 Å². The smallest absolute Gasteiger partial charge is 0.211 e. The van der Waals surface area contributed by atoms with Crippen LogP contribution in [0.25, 0.3) is 0 Å². The molecule has 114 valence electrons. The highest BCUT2D eigenvalue weighted by molar-refractivity contribution is 7.89. The first kappa shape index (κ1) is 16.9. The van der Waals surface area contributed by atoms with Crippen molar-refractivity contribution in [3.05, 3.63) is 0 Å². The van der Waals surface area contributed by atoms with Crippen molar-refractivity contribution in [3.63, 3.8) is 0 Å². The lowest BCUT2D eigenvalue weighted by Crippen LogP contribution is -2.48. The van der Waals surface area contributed by atoms with Crippen molar-refractivity contribution in [1.29, 1.82) is 0 Å². The summed E-state index contributed by atoms with van der Waals surface area (Å²) in [6, 6.07) is 0.0215. The summed E-state index contributed by atoms with van der Waals surface area (Å²) in [6.45, 7) is 5.58. The largest absolute Gasteiger partial charge is 0.375 e. The van der Waals surface area contributed by atoms with E-state index in [2.05, 4.69) is 23.9 Å². The zero-order chi connectivity index (χ0) is 14.4. The molecule has 0 spiro atoms. The molecule has 1 aliphatic heterocycles. The Bertz CT molecular complexity index is 353. The van der Waals surface area contributed by atoms with Crippen LogP contribution >= 0.6 is 0 Å². The quantitative estimate of drug-likeness (QED) is 0.661. The molecular weight excluding hydrogens is 264 g/mol. The Morgan fingerprint density at radius 1 is 1.32 bits per heavy atom. The van der Waals surface area contributed by atoms with Crippen molar-refractivity contribution in [2.75, 3.05) is 26.0 Å². The molecule has 1 fully saturated rings. The molecule has 0 amide bonds. The molecule has 5 nitrogen and oxygen atoms in total. The van der Waals surface area contributed by atoms with E-state index in [0.29, 0.717) is 13.0 Å². The first-order chi connectivity index (χ1) is 8.97. The van der Waals surface area contributed by atoms with Crippen LogP contribution in [0.2, 0.25) is 0 Å². The van der Waals surface area contributed by atoms with E-state index < -0.39 is 10.0 Å². The Morgan fingerprint density at radius 3 is 2.58 bits per heavy atom. The maximum Gasteiger partial charge on any atom is 0.211 e. The average molecular weight is 292 g/mol. The van der Waals surface area contributed by atoms with Crippen molar-refractivity contribution in [3.8, 4) is 0 Å². The van der Waals surface area contributed by atoms with Gasteiger partial charge in [-0.25, -0.2) is 13.1 Å². The number of hydrogen-bond acceptors (Lipinski definition) is 4. The fraction of sp³-hybridized carbons (Fsp3) is 1.00. The zero-order valence-electron chi connectivity index (χ0n) is 12.4. The van der Waals surface area contributed by atoms with E-state index in [1.807, 2.05) is 7.05 Å². The number of ether oxygens (including phenoxy) is 1. The van der Waals surface area contributed by atoms with Gasteiger partial charge in [0.1, 0.15) is 0 Å². The summed E-state index contributed by atoms with van der Waals surface area (Å²) < 4.78 is 32.7. The van der Waals surface area contributed by atoms with Crippen molar-refractivity contribution in [2.45, 2.75) is 57.6 Å². The maximum atomic E-state index is 12.0. The number of sulfonamides is 1. The normalized spacial score (nSPS) is 23.4. The fourth-order valence-electron chi connectivity index (χ4n) is 2.62. The first-order valence-corrected chi connectivity index (χ1v) is 8.90. The summed E-state index contributed by atoms with van der Waals surface area (Å²) in [5, 5.41) is 2.96. The highest BCUT2D eigenvalue weighted by Gasteiger charge is 2.35. The minimum Gasteiger partial charge on any atom is -0.375 e. The van der Waals surface area contributed by atoms with E-state index in [1.165, 1.54) is 0 Å². The Labute approximate surface area is 117 Å². The van der Waals surface area contributed by atoms with Gasteiger partial charge in [0.15, 0.2) is 0 Å². The van der Waals surface area contributed by atoms with Gasteiger partial charge in [-0.05, 0) is 45.7 Å². The molecule has 1 atom stereocenters. The first-order valence-electron chi connectivity index (χ1n) is 7.25. The highest BCUT2D eigenvalue weighted by atomic mass is 32.2. The van der Waals surface area contributed by atoms with Gasteiger partial charge in [-0.1, -0.05) is 13.8 Å². The van der Waals surface area contributed by atoms with Crippen LogP contribution in [-0.4, -0.2) is 46.0 Å². The van der Waals surface area contributed by atoms with Gasteiger partial charge in [-0.2, -0.15) is 0 Å². The van der Waals surface area contributed by atoms with Crippen molar-refractivity contribution >= 4 is 10.0 Å². The third-order valence-corrected chi connectivity index (χ3v) is 5.49. The van der Waals surface area contributed by atoms with Crippen LogP contribution in [0.15, 0.2) is 0 Å². The van der Waals surface area contributed by atoms with E-state index in [-0.39, 0.29) is 17.4 Å². The van der Waals surface area contributed by atoms with Crippen LogP contribution in [0.1, 0.15) is 46.0 Å². The molecule has 0 bridgehead atoms. The lowest BCUT2D eigenvalue weighted by molar-refractivity contribution is -0.0905. The third-order valence-electron chi connectivity index (χ3n) is 3.97. The van der Waals surface area contributed by atoms with Gasteiger partial charge in [0.2, 0.25) is 10.0 Å². The van der Waals surface area contributed by atoms with Gasteiger partial charge in [0.25, 0.3) is 0 Å². The van der Waals surface area contributed by atoms with Crippen molar-refractivity contribution in [1.82, 2.24) is 10.0 Å². The number of rotatable bonds is 8. The van der Waals surface area contributed by atoms with Crippen LogP contribution < -0.4 is 10.0 Å². The maximum absolute atomic E-state index is 12.0. The molecule has 1 heterocycles. The summed E-state index contributed by atoms with van der Waals surface area (Å²) in [7, 11) is -1.34. The zero-order valence-corrected chi connectivity index (χ0v) is 13.2. The summed E-state index contributed by atoms with van der Waals surface area (Å²) in [6.07, 6.45) is 4.06. The lowest BCUT2D eigenvalue weighted by Gasteiger charge is -2.40. The molecule has 1 saturated heterocycles. The van der Waals surface area contributed by atoms with Crippen molar-refractivity contribution in [2.24, 2.45) is 0 Å². The summed E-state index contributed by atoms with van der Waals surface area (Å²) in [5.41, 5.74) is -0.142. The minimum atomic E-state index is -3.17. The molecule has 0 radical (unpaired) electrons. The van der Waals surface area contributed by atoms with E-state index >= 15 is 0 Å². The van der Waals surface area contributed by atoms with Crippen LogP contribution in [0.5, 0.6) is 0 Å². The van der Waals surface area contributed by atoms with Crippen LogP contribution in [0.3, 0.4) is 0 Å². The molecule has 0 aromatic carbocycles. The summed E-state index contributed by atoms with van der Waals surface area (Å²) in [5.74, 6) is 0.191. The lowest BCUT2D eigenvalue weighted by atomic mass is 9.86. The minimum absolute atomic E-state index is 0.0215. The molecule has 19 heavy (non-hydrogen) atoms. The molecule has 0 aliphatic carbocycles. The summed E-state index contributed by atoms with van der Waals surface area (Å²) in [4.78, 5) is 0. The molecule has 1 unspecified atom stereocenters. The van der Waals surface area contributed by atoms with Gasteiger partial charge in [-0.15, -0.1) is 0 Å². The predicted octanol–water partition coefficient (Wildman–Crippen LogP) is 1.25. The molecule has 0 saturated carbocycles. The monoisotopic (exact) mass is 292 g/mol. The molecule has 1 rings (SSSR count). The molecule has 0 aromatic heterocycles. The molecule has 2 N–H and O–H groups in total. The average Bonchev–Trinajstić information content (AvgIpc) is 2.38. The van der Waals surface area contributed by atoms with Crippen molar-refractivity contribution < 1.29 is 13.2 Å². The van der Waals surface area contributed by atoms with E-state index in [4.69, 9.17) is 4.74 Å². The Morgan fingerprint density at radius 2 is 2.00 bits per heavy atom. The molecule has 0 aromatic rings. The fourth-order valence-corrected chi connectivity index (χ4v) is 3.97. The van der Waals surface area contributed by atoms with Gasteiger partial charge < -0.3 is 10.1 Å². The van der Waals surface area contributed by atoms with E-state index in [0.717, 1.165) is 32.2 Å². The second-order valence-corrected chi connectivity index (χ2v) is 7.20. The van der Waals surface area contributed by atoms with E-state index in [1.54, 1.807) is 0 Å². The van der Waals surface area contributed by atoms with Crippen LogP contribution in [0.4, 0.5) is 0 Å². The van der Waals surface area contributed by atoms with Gasteiger partial charge in [0.05, 0.1) is 11.4 Å². The van der Waals surface area contributed by atoms with Gasteiger partial charge >= 0.3 is 0 Å². The molecule has 1 aliphatic rings. The topological polar surface area (TPSA) is 67.4 Å². The third kappa shape index (κ3) is 5.38. The number of nitrogens with one attached hydrogen (secondary N) is 2. The second-order valence-electron chi connectivity index (χ2n) is 5.32. The Hall–Kier alpha value is -0.170. The van der Waals surface area contributed by atoms with Crippen LogP contribution in [-0.2, 0) is 14.8 Å². The standard InChI is InChI=1S/C13H28N2O3S/c1-4-13(5-2)11-12(7-9-18-13)15-19(16,17)10-6-8-14-3/h12,14-15H,4-11H2,1-3H3. The molecule has 6 heteroatoms. The van der Waals surface area contributed by atoms with Crippen LogP contribution in [0, 0.1) is 0 Å². The highest BCUT2D eigenvalue weighted by Crippen LogP contribution is 2.31.